The van der Waals surface area contributed by atoms with Crippen LogP contribution in [0.3, 0.4) is 0 Å². The molecule has 10 rings (SSSR count). The Morgan fingerprint density at radius 3 is 1.26 bits per heavy atom. The van der Waals surface area contributed by atoms with Gasteiger partial charge in [-0.1, -0.05) is 121 Å². The quantitative estimate of drug-likeness (QED) is 0.188. The van der Waals surface area contributed by atoms with Crippen molar-refractivity contribution in [1.29, 1.82) is 0 Å². The van der Waals surface area contributed by atoms with Gasteiger partial charge in [-0.05, 0) is 54.6 Å². The van der Waals surface area contributed by atoms with Gasteiger partial charge in [-0.15, -0.1) is 0 Å². The van der Waals surface area contributed by atoms with Gasteiger partial charge in [0.1, 0.15) is 0 Å². The molecule has 0 aliphatic rings. The summed E-state index contributed by atoms with van der Waals surface area (Å²) in [5, 5.41) is 4.94. The van der Waals surface area contributed by atoms with Crippen LogP contribution in [0.4, 0.5) is 0 Å². The van der Waals surface area contributed by atoms with E-state index in [0.29, 0.717) is 17.5 Å². The monoisotopic (exact) mass is 639 g/mol. The molecule has 0 unspecified atom stereocenters. The fourth-order valence-corrected chi connectivity index (χ4v) is 7.34. The summed E-state index contributed by atoms with van der Waals surface area (Å²) < 4.78 is 4.78. The Bertz CT molecular complexity index is 2740. The van der Waals surface area contributed by atoms with Gasteiger partial charge in [-0.25, -0.2) is 15.0 Å². The Hall–Kier alpha value is -6.85. The van der Waals surface area contributed by atoms with E-state index in [1.807, 2.05) is 60.7 Å². The van der Waals surface area contributed by atoms with Crippen molar-refractivity contribution in [2.75, 3.05) is 0 Å². The summed E-state index contributed by atoms with van der Waals surface area (Å²) in [4.78, 5) is 14.8. The van der Waals surface area contributed by atoms with Gasteiger partial charge in [0.05, 0.1) is 27.8 Å². The number of hydrogen-bond acceptors (Lipinski definition) is 3. The number of hydrogen-bond donors (Lipinski definition) is 0. The van der Waals surface area contributed by atoms with Crippen molar-refractivity contribution in [3.05, 3.63) is 176 Å². The van der Waals surface area contributed by atoms with Gasteiger partial charge in [0.15, 0.2) is 17.5 Å². The number of fused-ring (bicyclic) bond motifs is 6. The van der Waals surface area contributed by atoms with E-state index in [1.165, 1.54) is 38.3 Å². The van der Waals surface area contributed by atoms with E-state index in [4.69, 9.17) is 15.0 Å². The molecule has 0 atom stereocenters. The van der Waals surface area contributed by atoms with Gasteiger partial charge in [0.2, 0.25) is 0 Å². The Morgan fingerprint density at radius 2 is 0.720 bits per heavy atom. The normalized spacial score (nSPS) is 11.6. The molecule has 0 fully saturated rings. The van der Waals surface area contributed by atoms with E-state index < -0.39 is 0 Å². The number of benzene rings is 7. The van der Waals surface area contributed by atoms with Crippen LogP contribution < -0.4 is 0 Å². The van der Waals surface area contributed by atoms with Crippen molar-refractivity contribution in [1.82, 2.24) is 24.1 Å². The zero-order valence-corrected chi connectivity index (χ0v) is 27.0. The van der Waals surface area contributed by atoms with E-state index in [1.54, 1.807) is 0 Å². The maximum Gasteiger partial charge on any atom is 0.164 e. The Kier molecular flexibility index (Phi) is 6.42. The van der Waals surface area contributed by atoms with Crippen LogP contribution in [0.15, 0.2) is 176 Å². The molecule has 0 N–H and O–H groups in total. The number of para-hydroxylation sites is 3. The van der Waals surface area contributed by atoms with Crippen molar-refractivity contribution in [3.63, 3.8) is 0 Å². The molecule has 5 nitrogen and oxygen atoms in total. The van der Waals surface area contributed by atoms with E-state index in [0.717, 1.165) is 33.4 Å². The predicted molar refractivity (Wildman–Crippen MR) is 205 cm³/mol. The molecule has 0 bridgehead atoms. The lowest BCUT2D eigenvalue weighted by Crippen LogP contribution is -2.00. The predicted octanol–water partition coefficient (Wildman–Crippen LogP) is 11.1. The van der Waals surface area contributed by atoms with Crippen LogP contribution in [0.25, 0.3) is 89.2 Å². The minimum atomic E-state index is 0.639. The second kappa shape index (κ2) is 11.4. The molecular formula is C45H29N5. The van der Waals surface area contributed by atoms with Crippen molar-refractivity contribution in [3.8, 4) is 45.5 Å². The summed E-state index contributed by atoms with van der Waals surface area (Å²) in [6.07, 6.45) is 0. The smallest absolute Gasteiger partial charge is 0.164 e. The first-order chi connectivity index (χ1) is 24.8. The molecule has 5 heteroatoms. The molecule has 7 aromatic carbocycles. The lowest BCUT2D eigenvalue weighted by atomic mass is 10.1. The maximum absolute atomic E-state index is 4.95. The van der Waals surface area contributed by atoms with Gasteiger partial charge >= 0.3 is 0 Å². The summed E-state index contributed by atoms with van der Waals surface area (Å²) in [5.41, 5.74) is 9.77. The second-order valence-electron chi connectivity index (χ2n) is 12.5. The van der Waals surface area contributed by atoms with Crippen LogP contribution in [0, 0.1) is 0 Å². The minimum absolute atomic E-state index is 0.639. The van der Waals surface area contributed by atoms with Crippen molar-refractivity contribution in [2.24, 2.45) is 0 Å². The van der Waals surface area contributed by atoms with Crippen molar-refractivity contribution in [2.45, 2.75) is 0 Å². The molecular weight excluding hydrogens is 611 g/mol. The first kappa shape index (κ1) is 28.2. The summed E-state index contributed by atoms with van der Waals surface area (Å²) in [6.45, 7) is 0. The molecule has 0 spiro atoms. The zero-order chi connectivity index (χ0) is 33.0. The van der Waals surface area contributed by atoms with Gasteiger partial charge < -0.3 is 9.13 Å². The molecule has 3 aromatic heterocycles. The zero-order valence-electron chi connectivity index (χ0n) is 27.0. The molecule has 0 saturated carbocycles. The van der Waals surface area contributed by atoms with Crippen molar-refractivity contribution < 1.29 is 0 Å². The highest BCUT2D eigenvalue weighted by Crippen LogP contribution is 2.40. The molecule has 0 aliphatic carbocycles. The third kappa shape index (κ3) is 4.45. The van der Waals surface area contributed by atoms with Gasteiger partial charge in [-0.3, -0.25) is 0 Å². The van der Waals surface area contributed by atoms with Gasteiger partial charge in [-0.2, -0.15) is 0 Å². The molecule has 0 saturated heterocycles. The minimum Gasteiger partial charge on any atom is -0.309 e. The number of rotatable bonds is 5. The standard InChI is InChI=1S/C45H29N5/c1-3-14-30(15-4-1)43-46-44(31-16-5-2-6-17-31)48-45(47-43)32-26-28-33(29-27-32)49-39-23-12-9-20-36(39)42-40(49)24-13-25-41(42)50-37-21-10-7-18-34(37)35-19-8-11-22-38(35)50/h1-29H. The van der Waals surface area contributed by atoms with Crippen LogP contribution in [0.5, 0.6) is 0 Å². The second-order valence-corrected chi connectivity index (χ2v) is 12.5. The van der Waals surface area contributed by atoms with E-state index in [2.05, 4.69) is 124 Å². The molecule has 0 amide bonds. The highest BCUT2D eigenvalue weighted by atomic mass is 15.0. The summed E-state index contributed by atoms with van der Waals surface area (Å²) in [6, 6.07) is 61.5. The average Bonchev–Trinajstić information content (AvgIpc) is 3.72. The Labute approximate surface area is 288 Å². The molecule has 10 aromatic rings. The summed E-state index contributed by atoms with van der Waals surface area (Å²) >= 11 is 0. The van der Waals surface area contributed by atoms with Crippen LogP contribution >= 0.6 is 0 Å². The van der Waals surface area contributed by atoms with Gasteiger partial charge in [0.25, 0.3) is 0 Å². The van der Waals surface area contributed by atoms with E-state index in [9.17, 15) is 0 Å². The van der Waals surface area contributed by atoms with E-state index >= 15 is 0 Å². The lowest BCUT2D eigenvalue weighted by Gasteiger charge is -2.12. The highest BCUT2D eigenvalue weighted by molar-refractivity contribution is 6.16. The number of nitrogens with zero attached hydrogens (tertiary/aromatic N) is 5. The average molecular weight is 640 g/mol. The topological polar surface area (TPSA) is 48.5 Å². The molecule has 3 heterocycles. The largest absolute Gasteiger partial charge is 0.309 e. The lowest BCUT2D eigenvalue weighted by molar-refractivity contribution is 1.07. The number of aromatic nitrogens is 5. The Morgan fingerprint density at radius 1 is 0.300 bits per heavy atom. The third-order valence-electron chi connectivity index (χ3n) is 9.58. The maximum atomic E-state index is 4.95. The van der Waals surface area contributed by atoms with E-state index in [-0.39, 0.29) is 0 Å². The SMILES string of the molecule is c1ccc(-c2nc(-c3ccccc3)nc(-c3ccc(-n4c5ccccc5c5c(-n6c7ccccc7c7ccccc76)cccc54)cc3)n2)cc1. The molecule has 0 radical (unpaired) electrons. The van der Waals surface area contributed by atoms with Crippen molar-refractivity contribution >= 4 is 43.6 Å². The highest BCUT2D eigenvalue weighted by Gasteiger charge is 2.19. The first-order valence-corrected chi connectivity index (χ1v) is 16.8. The fourth-order valence-electron chi connectivity index (χ4n) is 7.34. The molecule has 0 aliphatic heterocycles. The first-order valence-electron chi connectivity index (χ1n) is 16.8. The van der Waals surface area contributed by atoms with Gasteiger partial charge in [0, 0.05) is 43.9 Å². The summed E-state index contributed by atoms with van der Waals surface area (Å²) in [7, 11) is 0. The third-order valence-corrected chi connectivity index (χ3v) is 9.58. The molecule has 50 heavy (non-hydrogen) atoms. The van der Waals surface area contributed by atoms with Crippen LogP contribution in [-0.2, 0) is 0 Å². The fraction of sp³-hybridized carbons (Fsp3) is 0. The Balaban J connectivity index is 1.15. The van der Waals surface area contributed by atoms with Crippen LogP contribution in [-0.4, -0.2) is 24.1 Å². The van der Waals surface area contributed by atoms with Crippen LogP contribution in [0.1, 0.15) is 0 Å². The molecule has 234 valence electrons. The van der Waals surface area contributed by atoms with Crippen LogP contribution in [0.2, 0.25) is 0 Å². The summed E-state index contributed by atoms with van der Waals surface area (Å²) in [5.74, 6) is 1.94.